The van der Waals surface area contributed by atoms with Crippen molar-refractivity contribution in [3.8, 4) is 0 Å². The summed E-state index contributed by atoms with van der Waals surface area (Å²) in [5, 5.41) is 0. The van der Waals surface area contributed by atoms with Gasteiger partial charge in [-0.05, 0) is 0 Å². The Hall–Kier alpha value is 0.309. The third kappa shape index (κ3) is 5.52. The number of nitrogens with one attached hydrogen (secondary N) is 2. The molecule has 0 aromatic rings. The predicted octanol–water partition coefficient (Wildman–Crippen LogP) is 3.03. The number of hydrogen-bond acceptors (Lipinski definition) is 1. The first-order valence-corrected chi connectivity index (χ1v) is 10.9. The van der Waals surface area contributed by atoms with Gasteiger partial charge in [-0.1, -0.05) is 0 Å². The molecule has 3 nitrogen and oxygen atoms in total. The van der Waals surface area contributed by atoms with E-state index in [4.69, 9.17) is 0 Å². The van der Waals surface area contributed by atoms with Gasteiger partial charge in [-0.25, -0.2) is 0 Å². The van der Waals surface area contributed by atoms with Crippen molar-refractivity contribution < 1.29 is 4.79 Å². The molecule has 0 unspecified atom stereocenters. The quantitative estimate of drug-likeness (QED) is 0.722. The van der Waals surface area contributed by atoms with Crippen LogP contribution in [-0.2, 0) is 0 Å². The predicted molar refractivity (Wildman–Crippen MR) is 76.8 cm³/mol. The van der Waals surface area contributed by atoms with Crippen molar-refractivity contribution in [3.63, 3.8) is 0 Å². The Balaban J connectivity index is 1.54. The van der Waals surface area contributed by atoms with Crippen molar-refractivity contribution in [1.82, 2.24) is 8.67 Å². The van der Waals surface area contributed by atoms with E-state index in [1.807, 2.05) is 0 Å². The van der Waals surface area contributed by atoms with E-state index in [0.717, 1.165) is 9.63 Å². The van der Waals surface area contributed by atoms with Gasteiger partial charge in [0.1, 0.15) is 0 Å². The van der Waals surface area contributed by atoms with Crippen molar-refractivity contribution in [1.29, 1.82) is 0 Å². The van der Waals surface area contributed by atoms with Crippen molar-refractivity contribution in [2.45, 2.75) is 73.8 Å². The zero-order valence-electron chi connectivity index (χ0n) is 11.0. The van der Waals surface area contributed by atoms with Crippen LogP contribution in [0.4, 0.5) is 4.79 Å². The van der Waals surface area contributed by atoms with Crippen molar-refractivity contribution in [2.24, 2.45) is 0 Å². The fourth-order valence-corrected chi connectivity index (χ4v) is 6.74. The Morgan fingerprint density at radius 3 is 1.50 bits per heavy atom. The zero-order valence-corrected chi connectivity index (χ0v) is 14.4. The van der Waals surface area contributed by atoms with Crippen molar-refractivity contribution in [2.75, 3.05) is 0 Å². The van der Waals surface area contributed by atoms with Gasteiger partial charge >= 0.3 is 124 Å². The Labute approximate surface area is 123 Å². The van der Waals surface area contributed by atoms with Gasteiger partial charge in [0.05, 0.1) is 0 Å². The molecule has 2 rings (SSSR count). The number of carbonyl (C=O) groups is 1. The van der Waals surface area contributed by atoms with Crippen molar-refractivity contribution >= 4 is 36.4 Å². The second-order valence-electron chi connectivity index (χ2n) is 5.29. The van der Waals surface area contributed by atoms with Crippen LogP contribution in [0.3, 0.4) is 0 Å². The first-order valence-electron chi connectivity index (χ1n) is 7.22. The molecule has 0 bridgehead atoms. The summed E-state index contributed by atoms with van der Waals surface area (Å²) in [5.41, 5.74) is 0. The Bertz CT molecular complexity index is 227. The number of urea groups is 1. The third-order valence-corrected chi connectivity index (χ3v) is 8.39. The fourth-order valence-electron chi connectivity index (χ4n) is 2.66. The Kier molecular flexibility index (Phi) is 6.93. The summed E-state index contributed by atoms with van der Waals surface area (Å²) in [5.74, 6) is 0. The van der Waals surface area contributed by atoms with Crippen LogP contribution in [0.2, 0.25) is 9.63 Å². The van der Waals surface area contributed by atoms with E-state index in [1.165, 1.54) is 64.2 Å². The van der Waals surface area contributed by atoms with Crippen LogP contribution in [0.15, 0.2) is 0 Å². The molecule has 0 heterocycles. The second kappa shape index (κ2) is 8.47. The average molecular weight is 382 g/mol. The van der Waals surface area contributed by atoms with Crippen LogP contribution in [0, 0.1) is 0 Å². The summed E-state index contributed by atoms with van der Waals surface area (Å²) >= 11 is 0.625. The monoisotopic (exact) mass is 384 g/mol. The van der Waals surface area contributed by atoms with E-state index in [0.29, 0.717) is 30.3 Å². The fraction of sp³-hybridized carbons (Fsp3) is 0.923. The number of hydrogen-bond donors (Lipinski definition) is 2. The molecule has 0 saturated heterocycles. The van der Waals surface area contributed by atoms with E-state index < -0.39 is 0 Å². The second-order valence-corrected chi connectivity index (χ2v) is 9.93. The summed E-state index contributed by atoms with van der Waals surface area (Å²) in [7, 11) is 0. The Morgan fingerprint density at radius 1 is 0.722 bits per heavy atom. The molecule has 2 fully saturated rings. The van der Waals surface area contributed by atoms with Crippen LogP contribution in [0.1, 0.15) is 64.2 Å². The molecule has 0 radical (unpaired) electrons. The number of amides is 2. The molecule has 0 atom stereocenters. The molecule has 2 amide bonds. The van der Waals surface area contributed by atoms with Gasteiger partial charge in [0.2, 0.25) is 0 Å². The van der Waals surface area contributed by atoms with Gasteiger partial charge in [-0.15, -0.1) is 0 Å². The molecule has 5 heteroatoms. The van der Waals surface area contributed by atoms with Crippen LogP contribution >= 0.6 is 0 Å². The van der Waals surface area contributed by atoms with Crippen LogP contribution < -0.4 is 8.67 Å². The molecule has 2 N–H and O–H groups in total. The maximum atomic E-state index is 11.7. The van der Waals surface area contributed by atoms with E-state index >= 15 is 0 Å². The van der Waals surface area contributed by atoms with Gasteiger partial charge in [0, 0.05) is 0 Å². The molecule has 18 heavy (non-hydrogen) atoms. The standard InChI is InChI=1S/C13H24N2OSe2/c16-13(14-17-11-7-3-1-4-8-11)15-18-12-9-5-2-6-10-12/h11-12H,1-10H2,(H2,14,15,16). The van der Waals surface area contributed by atoms with Gasteiger partial charge < -0.3 is 0 Å². The van der Waals surface area contributed by atoms with E-state index in [9.17, 15) is 4.79 Å². The van der Waals surface area contributed by atoms with E-state index in [-0.39, 0.29) is 6.03 Å². The van der Waals surface area contributed by atoms with Crippen LogP contribution in [-0.4, -0.2) is 36.4 Å². The van der Waals surface area contributed by atoms with Crippen molar-refractivity contribution in [3.05, 3.63) is 0 Å². The van der Waals surface area contributed by atoms with E-state index in [1.54, 1.807) is 0 Å². The van der Waals surface area contributed by atoms with E-state index in [2.05, 4.69) is 8.67 Å². The van der Waals surface area contributed by atoms with Gasteiger partial charge in [0.15, 0.2) is 0 Å². The SMILES string of the molecule is O=C(N[Se]C1CCCCC1)N[Se]C1CCCCC1. The van der Waals surface area contributed by atoms with Crippen LogP contribution in [0.5, 0.6) is 0 Å². The molecule has 0 spiro atoms. The Morgan fingerprint density at radius 2 is 1.11 bits per heavy atom. The minimum absolute atomic E-state index is 0.103. The zero-order chi connectivity index (χ0) is 12.6. The van der Waals surface area contributed by atoms with Gasteiger partial charge in [-0.2, -0.15) is 0 Å². The normalized spacial score (nSPS) is 22.7. The first-order chi connectivity index (χ1) is 8.84. The summed E-state index contributed by atoms with van der Waals surface area (Å²) in [4.78, 5) is 13.3. The average Bonchev–Trinajstić information content (AvgIpc) is 2.45. The molecule has 2 aliphatic rings. The molecule has 2 saturated carbocycles. The molecule has 0 aromatic heterocycles. The minimum atomic E-state index is 0.103. The maximum absolute atomic E-state index is 11.7. The third-order valence-electron chi connectivity index (χ3n) is 3.74. The summed E-state index contributed by atoms with van der Waals surface area (Å²) in [6.45, 7) is 0. The van der Waals surface area contributed by atoms with Crippen LogP contribution in [0.25, 0.3) is 0 Å². The molecular weight excluding hydrogens is 358 g/mol. The molecule has 104 valence electrons. The van der Waals surface area contributed by atoms with Gasteiger partial charge in [-0.3, -0.25) is 0 Å². The molecule has 0 aliphatic heterocycles. The summed E-state index contributed by atoms with van der Waals surface area (Å²) < 4.78 is 6.24. The van der Waals surface area contributed by atoms with Gasteiger partial charge in [0.25, 0.3) is 0 Å². The first kappa shape index (κ1) is 14.7. The topological polar surface area (TPSA) is 41.1 Å². The molecule has 2 aliphatic carbocycles. The summed E-state index contributed by atoms with van der Waals surface area (Å²) in [6, 6.07) is 0.103. The number of carbonyl (C=O) groups excluding carboxylic acids is 1. The molecule has 0 aromatic carbocycles. The number of rotatable bonds is 4. The summed E-state index contributed by atoms with van der Waals surface area (Å²) in [6.07, 6.45) is 13.5. The molecular formula is C13H24N2OSe2.